The van der Waals surface area contributed by atoms with Crippen LogP contribution in [0.2, 0.25) is 0 Å². The number of hydrogen-bond donors (Lipinski definition) is 1. The molecule has 0 amide bonds. The molecule has 3 aliphatic heterocycles. The van der Waals surface area contributed by atoms with Gasteiger partial charge in [-0.2, -0.15) is 11.3 Å². The van der Waals surface area contributed by atoms with Crippen molar-refractivity contribution in [3.63, 3.8) is 0 Å². The van der Waals surface area contributed by atoms with E-state index >= 15 is 0 Å². The van der Waals surface area contributed by atoms with Crippen molar-refractivity contribution in [3.05, 3.63) is 95.3 Å². The second-order valence-electron chi connectivity index (χ2n) is 10.5. The minimum Gasteiger partial charge on any atom is -1.00 e. The van der Waals surface area contributed by atoms with E-state index in [1.165, 1.54) is 23.1 Å². The first-order chi connectivity index (χ1) is 17.6. The molecule has 192 valence electrons. The highest BCUT2D eigenvalue weighted by molar-refractivity contribution is 7.08. The number of thiophene rings is 1. The van der Waals surface area contributed by atoms with Crippen LogP contribution in [-0.4, -0.2) is 40.8 Å². The molecule has 0 spiro atoms. The summed E-state index contributed by atoms with van der Waals surface area (Å²) in [5, 5.41) is 17.3. The van der Waals surface area contributed by atoms with Gasteiger partial charge in [-0.05, 0) is 63.7 Å². The molecule has 37 heavy (non-hydrogen) atoms. The maximum absolute atomic E-state index is 12.0. The van der Waals surface area contributed by atoms with E-state index < -0.39 is 6.10 Å². The second-order valence-corrected chi connectivity index (χ2v) is 11.3. The number of aliphatic hydroxyl groups is 1. The molecule has 2 bridgehead atoms. The summed E-state index contributed by atoms with van der Waals surface area (Å²) in [5.41, 5.74) is 5.71. The van der Waals surface area contributed by atoms with Gasteiger partial charge in [0.05, 0.1) is 25.7 Å². The van der Waals surface area contributed by atoms with Crippen molar-refractivity contribution < 1.29 is 31.3 Å². The summed E-state index contributed by atoms with van der Waals surface area (Å²) in [7, 11) is 1.68. The Morgan fingerprint density at radius 3 is 2.73 bits per heavy atom. The Morgan fingerprint density at radius 2 is 2.00 bits per heavy atom. The largest absolute Gasteiger partial charge is 1.00 e. The number of benzene rings is 2. The molecule has 2 aromatic heterocycles. The van der Waals surface area contributed by atoms with Gasteiger partial charge in [0.25, 0.3) is 0 Å². The van der Waals surface area contributed by atoms with Gasteiger partial charge in [-0.1, -0.05) is 30.3 Å². The normalized spacial score (nSPS) is 25.4. The third kappa shape index (κ3) is 4.76. The van der Waals surface area contributed by atoms with E-state index in [-0.39, 0.29) is 23.0 Å². The second kappa shape index (κ2) is 10.7. The summed E-state index contributed by atoms with van der Waals surface area (Å²) in [5.74, 6) is 1.88. The fourth-order valence-electron chi connectivity index (χ4n) is 6.71. The molecular weight excluding hydrogens is 544 g/mol. The van der Waals surface area contributed by atoms with E-state index in [1.54, 1.807) is 18.4 Å². The summed E-state index contributed by atoms with van der Waals surface area (Å²) < 4.78 is 6.39. The molecule has 5 unspecified atom stereocenters. The zero-order chi connectivity index (χ0) is 24.7. The van der Waals surface area contributed by atoms with Crippen LogP contribution in [0, 0.1) is 11.8 Å². The van der Waals surface area contributed by atoms with Gasteiger partial charge in [0, 0.05) is 35.9 Å². The number of aromatic nitrogens is 1. The Bertz CT molecular complexity index is 1370. The van der Waals surface area contributed by atoms with Crippen LogP contribution >= 0.6 is 11.3 Å². The molecule has 2 aromatic carbocycles. The van der Waals surface area contributed by atoms with Crippen molar-refractivity contribution in [3.8, 4) is 16.9 Å². The van der Waals surface area contributed by atoms with Crippen molar-refractivity contribution in [2.24, 2.45) is 11.8 Å². The Labute approximate surface area is 233 Å². The highest BCUT2D eigenvalue weighted by atomic mass is 79.9. The summed E-state index contributed by atoms with van der Waals surface area (Å²) in [4.78, 5) is 4.55. The predicted molar refractivity (Wildman–Crippen MR) is 147 cm³/mol. The van der Waals surface area contributed by atoms with E-state index in [4.69, 9.17) is 4.74 Å². The number of aliphatic hydroxyl groups excluding tert-OH is 1. The van der Waals surface area contributed by atoms with E-state index in [0.29, 0.717) is 11.8 Å². The highest BCUT2D eigenvalue weighted by Crippen LogP contribution is 2.48. The van der Waals surface area contributed by atoms with Crippen LogP contribution in [0.4, 0.5) is 0 Å². The minimum atomic E-state index is -0.568. The molecule has 4 aromatic rings. The van der Waals surface area contributed by atoms with Gasteiger partial charge >= 0.3 is 0 Å². The van der Waals surface area contributed by atoms with E-state index in [1.807, 2.05) is 30.5 Å². The molecule has 6 heteroatoms. The fourth-order valence-corrected chi connectivity index (χ4v) is 7.38. The van der Waals surface area contributed by atoms with Crippen LogP contribution in [0.15, 0.2) is 84.2 Å². The lowest BCUT2D eigenvalue weighted by Gasteiger charge is -2.58. The van der Waals surface area contributed by atoms with Crippen LogP contribution in [0.3, 0.4) is 0 Å². The molecule has 4 nitrogen and oxygen atoms in total. The molecule has 3 aliphatic rings. The van der Waals surface area contributed by atoms with Gasteiger partial charge in [0.1, 0.15) is 24.4 Å². The predicted octanol–water partition coefficient (Wildman–Crippen LogP) is 3.62. The lowest BCUT2D eigenvalue weighted by atomic mass is 9.71. The lowest BCUT2D eigenvalue weighted by molar-refractivity contribution is -0.984. The van der Waals surface area contributed by atoms with Crippen molar-refractivity contribution in [1.82, 2.24) is 4.98 Å². The fraction of sp³-hybridized carbons (Fsp3) is 0.323. The molecule has 0 radical (unpaired) electrons. The number of nitrogens with zero attached hydrogens (tertiary/aromatic N) is 2. The van der Waals surface area contributed by atoms with Crippen molar-refractivity contribution in [1.29, 1.82) is 0 Å². The zero-order valence-electron chi connectivity index (χ0n) is 21.1. The molecule has 7 rings (SSSR count). The van der Waals surface area contributed by atoms with Gasteiger partial charge in [-0.15, -0.1) is 6.58 Å². The number of piperidine rings is 3. The zero-order valence-corrected chi connectivity index (χ0v) is 23.5. The Hall–Kier alpha value is -2.51. The summed E-state index contributed by atoms with van der Waals surface area (Å²) in [6.07, 6.45) is 5.62. The highest BCUT2D eigenvalue weighted by Gasteiger charge is 2.54. The van der Waals surface area contributed by atoms with Crippen molar-refractivity contribution in [2.45, 2.75) is 31.5 Å². The van der Waals surface area contributed by atoms with E-state index in [2.05, 4.69) is 58.7 Å². The molecule has 3 saturated heterocycles. The molecule has 1 N–H and O–H groups in total. The first kappa shape index (κ1) is 26.1. The van der Waals surface area contributed by atoms with Crippen LogP contribution < -0.4 is 21.7 Å². The van der Waals surface area contributed by atoms with Gasteiger partial charge in [-0.3, -0.25) is 4.98 Å². The quantitative estimate of drug-likeness (QED) is 0.270. The topological polar surface area (TPSA) is 42.4 Å². The summed E-state index contributed by atoms with van der Waals surface area (Å²) >= 11 is 1.73. The van der Waals surface area contributed by atoms with Crippen LogP contribution in [-0.2, 0) is 6.54 Å². The number of hydrogen-bond acceptors (Lipinski definition) is 4. The smallest absolute Gasteiger partial charge is 0.131 e. The van der Waals surface area contributed by atoms with Gasteiger partial charge < -0.3 is 31.3 Å². The number of quaternary nitrogens is 1. The number of methoxy groups -OCH3 is 1. The lowest BCUT2D eigenvalue weighted by Crippen LogP contribution is -3.00. The van der Waals surface area contributed by atoms with Crippen molar-refractivity contribution >= 4 is 22.2 Å². The molecule has 0 saturated carbocycles. The third-order valence-corrected chi connectivity index (χ3v) is 9.33. The van der Waals surface area contributed by atoms with Crippen LogP contribution in [0.5, 0.6) is 5.75 Å². The first-order valence-corrected chi connectivity index (χ1v) is 13.7. The minimum absolute atomic E-state index is 0. The van der Waals surface area contributed by atoms with Gasteiger partial charge in [0.2, 0.25) is 0 Å². The SMILES string of the molecule is C=CC1C[N+]2(Cc3ccc(-c4ccsc4)cc3)CCC1CC2C(O)c1ccnc2ccc(OC)cc12.[Br-]. The first-order valence-electron chi connectivity index (χ1n) is 12.8. The molecule has 5 heterocycles. The summed E-state index contributed by atoms with van der Waals surface area (Å²) in [6, 6.07) is 19.3. The van der Waals surface area contributed by atoms with Crippen molar-refractivity contribution in [2.75, 3.05) is 20.2 Å². The van der Waals surface area contributed by atoms with Crippen LogP contribution in [0.25, 0.3) is 22.0 Å². The standard InChI is InChI=1S/C31H33N2O2S.BrH/c1-3-22-19-33(18-21-4-6-23(7-5-21)25-12-15-36-20-25)14-11-24(22)16-30(33)31(34)27-10-13-32-29-9-8-26(35-2)17-28(27)29;/h3-10,12-13,15,17,20,22,24,30-31,34H,1,11,14,16,18-19H2,2H3;1H/q+1;/p-1. The Balaban J connectivity index is 0.00000280. The summed E-state index contributed by atoms with van der Waals surface area (Å²) in [6.45, 7) is 7.23. The molecule has 5 atom stereocenters. The molecule has 0 aliphatic carbocycles. The average Bonchev–Trinajstić information content (AvgIpc) is 3.47. The number of fused-ring (bicyclic) bond motifs is 4. The number of pyridine rings is 1. The Kier molecular flexibility index (Phi) is 7.55. The third-order valence-electron chi connectivity index (χ3n) is 8.65. The number of rotatable bonds is 7. The van der Waals surface area contributed by atoms with Crippen LogP contribution in [0.1, 0.15) is 30.1 Å². The van der Waals surface area contributed by atoms with E-state index in [9.17, 15) is 5.11 Å². The molecule has 3 fully saturated rings. The number of ether oxygens (including phenoxy) is 1. The molecular formula is C31H33BrN2O2S. The average molecular weight is 578 g/mol. The maximum Gasteiger partial charge on any atom is 0.131 e. The maximum atomic E-state index is 12.0. The van der Waals surface area contributed by atoms with E-state index in [0.717, 1.165) is 52.8 Å². The van der Waals surface area contributed by atoms with Gasteiger partial charge in [-0.25, -0.2) is 0 Å². The number of halogens is 1. The monoisotopic (exact) mass is 576 g/mol. The Morgan fingerprint density at radius 1 is 1.16 bits per heavy atom. The van der Waals surface area contributed by atoms with Gasteiger partial charge in [0.15, 0.2) is 0 Å².